The summed E-state index contributed by atoms with van der Waals surface area (Å²) in [7, 11) is 1.59. The molecule has 1 rings (SSSR count). The van der Waals surface area contributed by atoms with Crippen LogP contribution < -0.4 is 15.4 Å². The first-order chi connectivity index (χ1) is 11.6. The molecule has 1 aromatic carbocycles. The molecule has 0 saturated heterocycles. The van der Waals surface area contributed by atoms with E-state index in [9.17, 15) is 9.59 Å². The van der Waals surface area contributed by atoms with Gasteiger partial charge in [-0.2, -0.15) is 0 Å². The Morgan fingerprint density at radius 1 is 1.12 bits per heavy atom. The Hall–Kier alpha value is -2.32. The summed E-state index contributed by atoms with van der Waals surface area (Å²) in [5.74, 6) is 0.405. The number of rotatable bonds is 9. The van der Waals surface area contributed by atoms with Crippen LogP contribution in [0.3, 0.4) is 0 Å². The average Bonchev–Trinajstić information content (AvgIpc) is 2.53. The molecule has 134 valence electrons. The van der Waals surface area contributed by atoms with Crippen molar-refractivity contribution in [3.05, 3.63) is 23.8 Å². The van der Waals surface area contributed by atoms with Crippen molar-refractivity contribution < 1.29 is 28.5 Å². The monoisotopic (exact) mass is 340 g/mol. The number of anilines is 1. The summed E-state index contributed by atoms with van der Waals surface area (Å²) in [5.41, 5.74) is 1.26. The minimum atomic E-state index is -0.570. The van der Waals surface area contributed by atoms with Gasteiger partial charge in [-0.1, -0.05) is 0 Å². The van der Waals surface area contributed by atoms with Crippen LogP contribution in [0.1, 0.15) is 12.5 Å². The van der Waals surface area contributed by atoms with Gasteiger partial charge < -0.3 is 24.3 Å². The summed E-state index contributed by atoms with van der Waals surface area (Å²) in [6.07, 6.45) is -1.10. The van der Waals surface area contributed by atoms with Crippen molar-refractivity contribution in [3.8, 4) is 5.75 Å². The zero-order chi connectivity index (χ0) is 17.8. The molecule has 0 saturated carbocycles. The van der Waals surface area contributed by atoms with E-state index < -0.39 is 12.2 Å². The molecular weight excluding hydrogens is 316 g/mol. The Bertz CT molecular complexity index is 535. The summed E-state index contributed by atoms with van der Waals surface area (Å²) in [5, 5.41) is 5.16. The van der Waals surface area contributed by atoms with Crippen LogP contribution in [0.4, 0.5) is 15.3 Å². The number of methoxy groups -OCH3 is 1. The van der Waals surface area contributed by atoms with Gasteiger partial charge in [-0.15, -0.1) is 0 Å². The van der Waals surface area contributed by atoms with Crippen LogP contribution >= 0.6 is 0 Å². The molecule has 8 nitrogen and oxygen atoms in total. The van der Waals surface area contributed by atoms with E-state index in [4.69, 9.17) is 18.9 Å². The molecule has 0 spiro atoms. The fourth-order valence-electron chi connectivity index (χ4n) is 1.73. The quantitative estimate of drug-likeness (QED) is 0.670. The van der Waals surface area contributed by atoms with Crippen molar-refractivity contribution in [2.75, 3.05) is 45.4 Å². The van der Waals surface area contributed by atoms with Gasteiger partial charge in [0.05, 0.1) is 26.4 Å². The molecule has 0 aliphatic rings. The Morgan fingerprint density at radius 3 is 2.58 bits per heavy atom. The molecule has 0 unspecified atom stereocenters. The number of hydrogen-bond acceptors (Lipinski definition) is 6. The topological polar surface area (TPSA) is 95.1 Å². The predicted molar refractivity (Wildman–Crippen MR) is 88.5 cm³/mol. The van der Waals surface area contributed by atoms with Gasteiger partial charge in [-0.05, 0) is 37.6 Å². The molecule has 0 heterocycles. The molecule has 2 amide bonds. The fraction of sp³-hybridized carbons (Fsp3) is 0.500. The highest BCUT2D eigenvalue weighted by Gasteiger charge is 2.09. The first-order valence-electron chi connectivity index (χ1n) is 7.63. The Kier molecular flexibility index (Phi) is 9.25. The van der Waals surface area contributed by atoms with E-state index >= 15 is 0 Å². The second kappa shape index (κ2) is 11.3. The number of hydrogen-bond donors (Lipinski definition) is 2. The lowest BCUT2D eigenvalue weighted by molar-refractivity contribution is 0.0719. The molecule has 0 aromatic heterocycles. The molecule has 0 fully saturated rings. The number of aryl methyl sites for hydroxylation is 1. The molecule has 0 aliphatic heterocycles. The van der Waals surface area contributed by atoms with Crippen LogP contribution in [0.2, 0.25) is 0 Å². The average molecular weight is 340 g/mol. The predicted octanol–water partition coefficient (Wildman–Crippen LogP) is 2.31. The van der Waals surface area contributed by atoms with Gasteiger partial charge in [0.25, 0.3) is 0 Å². The van der Waals surface area contributed by atoms with Gasteiger partial charge in [0.2, 0.25) is 0 Å². The van der Waals surface area contributed by atoms with Crippen molar-refractivity contribution in [3.63, 3.8) is 0 Å². The van der Waals surface area contributed by atoms with Gasteiger partial charge >= 0.3 is 12.2 Å². The number of ether oxygens (including phenoxy) is 4. The van der Waals surface area contributed by atoms with Crippen LogP contribution in [-0.4, -0.2) is 52.3 Å². The van der Waals surface area contributed by atoms with Gasteiger partial charge in [-0.3, -0.25) is 5.32 Å². The highest BCUT2D eigenvalue weighted by atomic mass is 16.6. The van der Waals surface area contributed by atoms with Crippen LogP contribution in [0.25, 0.3) is 0 Å². The maximum absolute atomic E-state index is 11.7. The molecule has 0 atom stereocenters. The minimum Gasteiger partial charge on any atom is -0.450 e. The lowest BCUT2D eigenvalue weighted by Gasteiger charge is -2.11. The highest BCUT2D eigenvalue weighted by molar-refractivity contribution is 5.85. The Morgan fingerprint density at radius 2 is 1.92 bits per heavy atom. The smallest absolute Gasteiger partial charge is 0.412 e. The van der Waals surface area contributed by atoms with E-state index in [-0.39, 0.29) is 0 Å². The standard InChI is InChI=1S/C16H24N2O6/c1-4-23-16(20)18-13-5-6-14(12(2)11-13)24-15(19)17-7-8-22-10-9-21-3/h5-6,11H,4,7-10H2,1-3H3,(H,17,19)(H,18,20). The van der Waals surface area contributed by atoms with Crippen molar-refractivity contribution >= 4 is 17.9 Å². The lowest BCUT2D eigenvalue weighted by Crippen LogP contribution is -2.30. The third-order valence-electron chi connectivity index (χ3n) is 2.85. The number of benzene rings is 1. The minimum absolute atomic E-state index is 0.293. The third kappa shape index (κ3) is 7.80. The summed E-state index contributed by atoms with van der Waals surface area (Å²) in [4.78, 5) is 23.0. The Labute approximate surface area is 141 Å². The zero-order valence-electron chi connectivity index (χ0n) is 14.2. The van der Waals surface area contributed by atoms with Crippen LogP contribution in [0.5, 0.6) is 5.75 Å². The second-order valence-electron chi connectivity index (χ2n) is 4.75. The number of carbonyl (C=O) groups is 2. The largest absolute Gasteiger partial charge is 0.450 e. The van der Waals surface area contributed by atoms with Crippen molar-refractivity contribution in [1.82, 2.24) is 5.32 Å². The summed E-state index contributed by atoms with van der Waals surface area (Å²) < 4.78 is 20.1. The van der Waals surface area contributed by atoms with Gasteiger partial charge in [0, 0.05) is 19.3 Å². The molecule has 0 aliphatic carbocycles. The molecule has 1 aromatic rings. The SMILES string of the molecule is CCOC(=O)Nc1ccc(OC(=O)NCCOCCOC)c(C)c1. The van der Waals surface area contributed by atoms with E-state index in [1.54, 1.807) is 39.2 Å². The number of nitrogens with one attached hydrogen (secondary N) is 2. The summed E-state index contributed by atoms with van der Waals surface area (Å²) in [6.45, 7) is 5.48. The highest BCUT2D eigenvalue weighted by Crippen LogP contribution is 2.22. The van der Waals surface area contributed by atoms with E-state index in [2.05, 4.69) is 10.6 Å². The first-order valence-corrected chi connectivity index (χ1v) is 7.63. The molecule has 0 bridgehead atoms. The third-order valence-corrected chi connectivity index (χ3v) is 2.85. The van der Waals surface area contributed by atoms with Crippen molar-refractivity contribution in [1.29, 1.82) is 0 Å². The van der Waals surface area contributed by atoms with Crippen LogP contribution in [0, 0.1) is 6.92 Å². The zero-order valence-corrected chi connectivity index (χ0v) is 14.2. The van der Waals surface area contributed by atoms with Gasteiger partial charge in [-0.25, -0.2) is 9.59 Å². The van der Waals surface area contributed by atoms with E-state index in [1.165, 1.54) is 0 Å². The summed E-state index contributed by atoms with van der Waals surface area (Å²) in [6, 6.07) is 4.92. The molecular formula is C16H24N2O6. The molecule has 8 heteroatoms. The van der Waals surface area contributed by atoms with Crippen molar-refractivity contribution in [2.24, 2.45) is 0 Å². The number of amides is 2. The van der Waals surface area contributed by atoms with E-state index in [0.717, 1.165) is 0 Å². The van der Waals surface area contributed by atoms with Crippen LogP contribution in [0.15, 0.2) is 18.2 Å². The molecule has 2 N–H and O–H groups in total. The van der Waals surface area contributed by atoms with E-state index in [1.807, 2.05) is 0 Å². The lowest BCUT2D eigenvalue weighted by atomic mass is 10.2. The second-order valence-corrected chi connectivity index (χ2v) is 4.75. The molecule has 24 heavy (non-hydrogen) atoms. The Balaban J connectivity index is 2.39. The van der Waals surface area contributed by atoms with Crippen LogP contribution in [-0.2, 0) is 14.2 Å². The molecule has 0 radical (unpaired) electrons. The van der Waals surface area contributed by atoms with Gasteiger partial charge in [0.15, 0.2) is 0 Å². The van der Waals surface area contributed by atoms with Gasteiger partial charge in [0.1, 0.15) is 5.75 Å². The first kappa shape index (κ1) is 19.7. The fourth-order valence-corrected chi connectivity index (χ4v) is 1.73. The summed E-state index contributed by atoms with van der Waals surface area (Å²) >= 11 is 0. The normalized spacial score (nSPS) is 10.1. The van der Waals surface area contributed by atoms with Crippen molar-refractivity contribution in [2.45, 2.75) is 13.8 Å². The maximum Gasteiger partial charge on any atom is 0.412 e. The number of carbonyl (C=O) groups excluding carboxylic acids is 2. The van der Waals surface area contributed by atoms with E-state index in [0.29, 0.717) is 50.0 Å². The maximum atomic E-state index is 11.7.